The Labute approximate surface area is 216 Å². The molecule has 0 fully saturated rings. The molecule has 2 N–H and O–H groups in total. The smallest absolute Gasteiger partial charge is 0.408 e. The highest BCUT2D eigenvalue weighted by Gasteiger charge is 2.35. The van der Waals surface area contributed by atoms with E-state index in [2.05, 4.69) is 17.6 Å². The van der Waals surface area contributed by atoms with Crippen LogP contribution in [0.1, 0.15) is 83.0 Å². The lowest BCUT2D eigenvalue weighted by molar-refractivity contribution is -0.142. The monoisotopic (exact) mass is 507 g/mol. The molecule has 3 amide bonds. The van der Waals surface area contributed by atoms with E-state index < -0.39 is 23.8 Å². The van der Waals surface area contributed by atoms with Gasteiger partial charge in [0, 0.05) is 13.1 Å². The Balaban J connectivity index is 3.31. The first-order valence-corrected chi connectivity index (χ1v) is 14.0. The van der Waals surface area contributed by atoms with Gasteiger partial charge in [-0.05, 0) is 72.0 Å². The number of unbranched alkanes of at least 4 members (excludes halogenated alkanes) is 2. The number of likely N-dealkylation sites (N-methyl/N-ethyl adjacent to an activating group) is 1. The summed E-state index contributed by atoms with van der Waals surface area (Å²) in [6, 6.07) is 4.38. The molecule has 198 valence electrons. The van der Waals surface area contributed by atoms with Crippen LogP contribution in [0.4, 0.5) is 4.79 Å². The highest BCUT2D eigenvalue weighted by Crippen LogP contribution is 2.25. The molecule has 0 saturated heterocycles. The lowest BCUT2D eigenvalue weighted by Crippen LogP contribution is -2.53. The van der Waals surface area contributed by atoms with Crippen molar-refractivity contribution in [2.24, 2.45) is 0 Å². The van der Waals surface area contributed by atoms with Crippen molar-refractivity contribution in [1.29, 1.82) is 0 Å². The molecule has 0 radical (unpaired) electrons. The van der Waals surface area contributed by atoms with Crippen molar-refractivity contribution in [1.82, 2.24) is 15.5 Å². The van der Waals surface area contributed by atoms with Crippen LogP contribution in [0, 0.1) is 13.8 Å². The van der Waals surface area contributed by atoms with Crippen LogP contribution in [0.15, 0.2) is 18.2 Å². The number of carbonyl (C=O) groups is 3. The minimum atomic E-state index is -0.793. The fourth-order valence-electron chi connectivity index (χ4n) is 3.93. The Bertz CT molecular complexity index is 818. The fourth-order valence-corrected chi connectivity index (χ4v) is 4.40. The van der Waals surface area contributed by atoms with Gasteiger partial charge in [-0.25, -0.2) is 4.79 Å². The first kappa shape index (κ1) is 30.8. The maximum absolute atomic E-state index is 13.8. The van der Waals surface area contributed by atoms with Crippen molar-refractivity contribution >= 4 is 29.7 Å². The second-order valence-electron chi connectivity index (χ2n) is 9.93. The Hall–Kier alpha value is -2.22. The number of rotatable bonds is 13. The summed E-state index contributed by atoms with van der Waals surface area (Å²) in [5.41, 5.74) is 2.14. The van der Waals surface area contributed by atoms with E-state index in [1.807, 2.05) is 45.2 Å². The Morgan fingerprint density at radius 1 is 1.06 bits per heavy atom. The number of thioether (sulfide) groups is 1. The zero-order valence-corrected chi connectivity index (χ0v) is 23.6. The van der Waals surface area contributed by atoms with Crippen LogP contribution in [-0.4, -0.2) is 59.5 Å². The van der Waals surface area contributed by atoms with Gasteiger partial charge in [0.2, 0.25) is 11.8 Å². The number of alkyl carbamates (subject to hydrolysis) is 1. The lowest BCUT2D eigenvalue weighted by Gasteiger charge is -2.34. The molecule has 0 saturated carbocycles. The lowest BCUT2D eigenvalue weighted by atomic mass is 9.98. The van der Waals surface area contributed by atoms with E-state index in [9.17, 15) is 14.4 Å². The summed E-state index contributed by atoms with van der Waals surface area (Å²) in [5.74, 6) is 0.184. The predicted octanol–water partition coefficient (Wildman–Crippen LogP) is 5.15. The van der Waals surface area contributed by atoms with Crippen molar-refractivity contribution in [3.63, 3.8) is 0 Å². The number of nitrogens with zero attached hydrogens (tertiary/aromatic N) is 1. The minimum Gasteiger partial charge on any atom is -0.444 e. The van der Waals surface area contributed by atoms with Crippen LogP contribution in [0.25, 0.3) is 0 Å². The number of aryl methyl sites for hydroxylation is 2. The number of benzene rings is 1. The predicted molar refractivity (Wildman–Crippen MR) is 145 cm³/mol. The largest absolute Gasteiger partial charge is 0.444 e. The molecule has 0 spiro atoms. The molecule has 1 rings (SSSR count). The van der Waals surface area contributed by atoms with E-state index >= 15 is 0 Å². The van der Waals surface area contributed by atoms with E-state index in [-0.39, 0.29) is 11.8 Å². The van der Waals surface area contributed by atoms with Crippen molar-refractivity contribution in [3.05, 3.63) is 34.9 Å². The Kier molecular flexibility index (Phi) is 13.2. The molecule has 2 unspecified atom stereocenters. The molecule has 35 heavy (non-hydrogen) atoms. The molecule has 2 atom stereocenters. The second kappa shape index (κ2) is 15.0. The third-order valence-corrected chi connectivity index (χ3v) is 6.07. The van der Waals surface area contributed by atoms with Gasteiger partial charge in [0.05, 0.1) is 0 Å². The van der Waals surface area contributed by atoms with E-state index in [1.165, 1.54) is 0 Å². The van der Waals surface area contributed by atoms with Crippen molar-refractivity contribution in [2.45, 2.75) is 91.8 Å². The Morgan fingerprint density at radius 3 is 2.20 bits per heavy atom. The summed E-state index contributed by atoms with van der Waals surface area (Å²) in [5, 5.41) is 5.78. The summed E-state index contributed by atoms with van der Waals surface area (Å²) in [6.07, 6.45) is 4.73. The van der Waals surface area contributed by atoms with Crippen LogP contribution in [0.3, 0.4) is 0 Å². The van der Waals surface area contributed by atoms with Crippen LogP contribution in [0.2, 0.25) is 0 Å². The van der Waals surface area contributed by atoms with Crippen molar-refractivity contribution < 1.29 is 19.1 Å². The maximum atomic E-state index is 13.8. The summed E-state index contributed by atoms with van der Waals surface area (Å²) in [4.78, 5) is 41.4. The third kappa shape index (κ3) is 10.9. The summed E-state index contributed by atoms with van der Waals surface area (Å²) in [7, 11) is 0. The number of hydrogen-bond donors (Lipinski definition) is 2. The van der Waals surface area contributed by atoms with Gasteiger partial charge in [-0.3, -0.25) is 9.59 Å². The average molecular weight is 508 g/mol. The normalized spacial score (nSPS) is 13.0. The summed E-state index contributed by atoms with van der Waals surface area (Å²) in [6.45, 7) is 14.2. The number of nitrogens with one attached hydrogen (secondary N) is 2. The quantitative estimate of drug-likeness (QED) is 0.361. The van der Waals surface area contributed by atoms with Gasteiger partial charge in [-0.1, -0.05) is 49.1 Å². The van der Waals surface area contributed by atoms with E-state index in [0.717, 1.165) is 36.0 Å². The second-order valence-corrected chi connectivity index (χ2v) is 10.9. The SMILES string of the molecule is CCCCCNC(=O)C(c1cc(C)cc(C)c1)N(CC)C(=O)C(CCSC)NC(=O)OC(C)(C)C. The molecule has 8 heteroatoms. The van der Waals surface area contributed by atoms with Crippen LogP contribution < -0.4 is 10.6 Å². The topological polar surface area (TPSA) is 87.7 Å². The van der Waals surface area contributed by atoms with Gasteiger partial charge in [0.15, 0.2) is 0 Å². The maximum Gasteiger partial charge on any atom is 0.408 e. The molecule has 0 aliphatic heterocycles. The summed E-state index contributed by atoms with van der Waals surface area (Å²) >= 11 is 1.60. The van der Waals surface area contributed by atoms with Gasteiger partial charge >= 0.3 is 6.09 Å². The third-order valence-electron chi connectivity index (χ3n) is 5.42. The van der Waals surface area contributed by atoms with Crippen LogP contribution in [-0.2, 0) is 14.3 Å². The first-order valence-electron chi connectivity index (χ1n) is 12.6. The number of carbonyl (C=O) groups excluding carboxylic acids is 3. The molecule has 0 aliphatic carbocycles. The highest BCUT2D eigenvalue weighted by molar-refractivity contribution is 7.98. The minimum absolute atomic E-state index is 0.206. The molecule has 0 aliphatic rings. The van der Waals surface area contributed by atoms with Gasteiger partial charge in [-0.15, -0.1) is 0 Å². The number of amides is 3. The van der Waals surface area contributed by atoms with E-state index in [4.69, 9.17) is 4.74 Å². The van der Waals surface area contributed by atoms with E-state index in [1.54, 1.807) is 37.4 Å². The molecule has 0 aromatic heterocycles. The van der Waals surface area contributed by atoms with Crippen molar-refractivity contribution in [3.8, 4) is 0 Å². The average Bonchev–Trinajstić information content (AvgIpc) is 2.75. The molecule has 0 heterocycles. The zero-order chi connectivity index (χ0) is 26.6. The van der Waals surface area contributed by atoms with Gasteiger partial charge in [0.25, 0.3) is 0 Å². The van der Waals surface area contributed by atoms with Crippen molar-refractivity contribution in [2.75, 3.05) is 25.1 Å². The summed E-state index contributed by atoms with van der Waals surface area (Å²) < 4.78 is 5.40. The molecular formula is C27H45N3O4S. The molecule has 7 nitrogen and oxygen atoms in total. The standard InChI is InChI=1S/C27H45N3O4S/c1-9-11-12-14-28-24(31)23(21-17-19(3)16-20(4)18-21)30(10-2)25(32)22(13-15-35-8)29-26(33)34-27(5,6)7/h16-18,22-23H,9-15H2,1-8H3,(H,28,31)(H,29,33). The number of ether oxygens (including phenoxy) is 1. The Morgan fingerprint density at radius 2 is 1.69 bits per heavy atom. The van der Waals surface area contributed by atoms with E-state index in [0.29, 0.717) is 25.3 Å². The highest BCUT2D eigenvalue weighted by atomic mass is 32.2. The van der Waals surface area contributed by atoms with Crippen LogP contribution in [0.5, 0.6) is 0 Å². The first-order chi connectivity index (χ1) is 16.4. The molecular weight excluding hydrogens is 462 g/mol. The molecule has 1 aromatic rings. The van der Waals surface area contributed by atoms with Crippen LogP contribution >= 0.6 is 11.8 Å². The van der Waals surface area contributed by atoms with Gasteiger partial charge < -0.3 is 20.3 Å². The zero-order valence-electron chi connectivity index (χ0n) is 22.8. The fraction of sp³-hybridized carbons (Fsp3) is 0.667. The molecule has 0 bridgehead atoms. The number of hydrogen-bond acceptors (Lipinski definition) is 5. The molecule has 1 aromatic carbocycles. The van der Waals surface area contributed by atoms with Gasteiger partial charge in [-0.2, -0.15) is 11.8 Å². The van der Waals surface area contributed by atoms with Gasteiger partial charge in [0.1, 0.15) is 17.7 Å².